The van der Waals surface area contributed by atoms with Gasteiger partial charge in [-0.05, 0) is 30.7 Å². The molecule has 2 fully saturated rings. The summed E-state index contributed by atoms with van der Waals surface area (Å²) in [7, 11) is 0. The predicted molar refractivity (Wildman–Crippen MR) is 111 cm³/mol. The maximum atomic E-state index is 12.6. The zero-order valence-corrected chi connectivity index (χ0v) is 17.0. The molecule has 152 valence electrons. The highest BCUT2D eigenvalue weighted by Crippen LogP contribution is 2.47. The first-order chi connectivity index (χ1) is 14.0. The molecular formula is C23H28N4O2. The lowest BCUT2D eigenvalue weighted by molar-refractivity contribution is -0.130. The predicted octanol–water partition coefficient (Wildman–Crippen LogP) is 2.38. The molecule has 0 bridgehead atoms. The summed E-state index contributed by atoms with van der Waals surface area (Å²) in [5.74, 6) is 0.179. The third kappa shape index (κ3) is 3.90. The largest absolute Gasteiger partial charge is 0.347 e. The molecule has 0 saturated carbocycles. The summed E-state index contributed by atoms with van der Waals surface area (Å²) < 4.78 is 0. The van der Waals surface area contributed by atoms with Gasteiger partial charge >= 0.3 is 0 Å². The van der Waals surface area contributed by atoms with Crippen molar-refractivity contribution in [2.75, 3.05) is 19.6 Å². The van der Waals surface area contributed by atoms with Crippen LogP contribution in [0.3, 0.4) is 0 Å². The first kappa shape index (κ1) is 19.6. The lowest BCUT2D eigenvalue weighted by atomic mass is 9.75. The molecule has 3 heterocycles. The fourth-order valence-corrected chi connectivity index (χ4v) is 5.19. The normalized spacial score (nSPS) is 26.8. The van der Waals surface area contributed by atoms with Crippen molar-refractivity contribution in [3.63, 3.8) is 0 Å². The molecule has 6 nitrogen and oxygen atoms in total. The van der Waals surface area contributed by atoms with Gasteiger partial charge < -0.3 is 10.2 Å². The van der Waals surface area contributed by atoms with E-state index in [0.717, 1.165) is 30.8 Å². The van der Waals surface area contributed by atoms with Crippen molar-refractivity contribution in [1.29, 1.82) is 0 Å². The molecule has 0 radical (unpaired) electrons. The fourth-order valence-electron chi connectivity index (χ4n) is 5.19. The van der Waals surface area contributed by atoms with Crippen LogP contribution in [0.2, 0.25) is 0 Å². The number of pyridine rings is 1. The Morgan fingerprint density at radius 1 is 1.10 bits per heavy atom. The molecule has 3 atom stereocenters. The van der Waals surface area contributed by atoms with E-state index in [0.29, 0.717) is 13.1 Å². The Morgan fingerprint density at radius 3 is 2.52 bits per heavy atom. The van der Waals surface area contributed by atoms with Crippen LogP contribution in [-0.2, 0) is 16.1 Å². The van der Waals surface area contributed by atoms with Gasteiger partial charge in [0.2, 0.25) is 11.8 Å². The Labute approximate surface area is 171 Å². The van der Waals surface area contributed by atoms with E-state index in [-0.39, 0.29) is 23.8 Å². The number of aromatic nitrogens is 1. The number of carbonyl (C=O) groups excluding carboxylic acids is 2. The van der Waals surface area contributed by atoms with E-state index >= 15 is 0 Å². The van der Waals surface area contributed by atoms with Crippen molar-refractivity contribution in [2.24, 2.45) is 5.92 Å². The van der Waals surface area contributed by atoms with Crippen molar-refractivity contribution in [2.45, 2.75) is 38.4 Å². The van der Waals surface area contributed by atoms with Crippen molar-refractivity contribution < 1.29 is 9.59 Å². The second-order valence-electron chi connectivity index (χ2n) is 8.27. The van der Waals surface area contributed by atoms with Gasteiger partial charge in [0.25, 0.3) is 0 Å². The topological polar surface area (TPSA) is 65.5 Å². The number of hydrogen-bond acceptors (Lipinski definition) is 4. The van der Waals surface area contributed by atoms with E-state index in [9.17, 15) is 9.59 Å². The lowest BCUT2D eigenvalue weighted by Gasteiger charge is -2.45. The molecule has 2 saturated heterocycles. The Balaban J connectivity index is 1.66. The highest BCUT2D eigenvalue weighted by molar-refractivity contribution is 5.77. The Morgan fingerprint density at radius 2 is 1.86 bits per heavy atom. The summed E-state index contributed by atoms with van der Waals surface area (Å²) in [4.78, 5) is 33.5. The summed E-state index contributed by atoms with van der Waals surface area (Å²) in [5.41, 5.74) is 1.70. The number of carbonyl (C=O) groups is 2. The van der Waals surface area contributed by atoms with E-state index in [1.807, 2.05) is 47.5 Å². The van der Waals surface area contributed by atoms with Gasteiger partial charge in [-0.2, -0.15) is 0 Å². The number of amides is 2. The number of likely N-dealkylation sites (tertiary alicyclic amines) is 2. The minimum Gasteiger partial charge on any atom is -0.347 e. The zero-order chi connectivity index (χ0) is 20.4. The Hall–Kier alpha value is -2.73. The van der Waals surface area contributed by atoms with Crippen LogP contribution in [0.4, 0.5) is 0 Å². The number of fused-ring (bicyclic) bond motifs is 1. The number of piperidine rings is 1. The highest BCUT2D eigenvalue weighted by atomic mass is 16.2. The van der Waals surface area contributed by atoms with Crippen LogP contribution < -0.4 is 5.32 Å². The van der Waals surface area contributed by atoms with Gasteiger partial charge in [0, 0.05) is 45.6 Å². The first-order valence-electron chi connectivity index (χ1n) is 10.2. The molecule has 1 aromatic carbocycles. The molecule has 1 N–H and O–H groups in total. The number of nitrogens with one attached hydrogen (secondary N) is 1. The van der Waals surface area contributed by atoms with Gasteiger partial charge in [0.1, 0.15) is 0 Å². The average Bonchev–Trinajstić information content (AvgIpc) is 3.03. The molecular weight excluding hydrogens is 364 g/mol. The van der Waals surface area contributed by atoms with Crippen LogP contribution in [0.5, 0.6) is 0 Å². The molecule has 6 heteroatoms. The summed E-state index contributed by atoms with van der Waals surface area (Å²) in [6.07, 6.45) is 2.72. The molecule has 2 aliphatic rings. The van der Waals surface area contributed by atoms with Crippen molar-refractivity contribution >= 4 is 11.8 Å². The minimum absolute atomic E-state index is 0.0162. The fraction of sp³-hybridized carbons (Fsp3) is 0.435. The summed E-state index contributed by atoms with van der Waals surface area (Å²) in [5, 5.41) is 3.26. The molecule has 29 heavy (non-hydrogen) atoms. The SMILES string of the molecule is CC(=O)N[C@@]12CN(Cc3ccccn3)CC[C@@H]1[C@@H](c1ccccc1)N(C(C)=O)C2. The highest BCUT2D eigenvalue weighted by Gasteiger charge is 2.56. The lowest BCUT2D eigenvalue weighted by Crippen LogP contribution is -2.63. The number of hydrogen-bond donors (Lipinski definition) is 1. The molecule has 4 rings (SSSR count). The standard InChI is InChI=1S/C23H28N4O2/c1-17(28)25-23-15-26(14-20-10-6-7-12-24-20)13-11-21(23)22(27(16-23)18(2)29)19-8-4-3-5-9-19/h3-10,12,21-22H,11,13-16H2,1-2H3,(H,25,28)/t21-,22-,23-/m1/s1. The van der Waals surface area contributed by atoms with Gasteiger partial charge in [0.05, 0.1) is 17.3 Å². The van der Waals surface area contributed by atoms with Crippen LogP contribution in [0.15, 0.2) is 54.7 Å². The van der Waals surface area contributed by atoms with Gasteiger partial charge in [-0.3, -0.25) is 19.5 Å². The second-order valence-corrected chi connectivity index (χ2v) is 8.27. The monoisotopic (exact) mass is 392 g/mol. The molecule has 2 amide bonds. The molecule has 2 aromatic rings. The van der Waals surface area contributed by atoms with Gasteiger partial charge in [-0.25, -0.2) is 0 Å². The number of nitrogens with zero attached hydrogens (tertiary/aromatic N) is 3. The summed E-state index contributed by atoms with van der Waals surface area (Å²) >= 11 is 0. The van der Waals surface area contributed by atoms with Crippen LogP contribution in [0.25, 0.3) is 0 Å². The maximum Gasteiger partial charge on any atom is 0.220 e. The minimum atomic E-state index is -0.453. The van der Waals surface area contributed by atoms with Crippen molar-refractivity contribution in [1.82, 2.24) is 20.1 Å². The van der Waals surface area contributed by atoms with Gasteiger partial charge in [-0.1, -0.05) is 36.4 Å². The Kier molecular flexibility index (Phi) is 5.37. The van der Waals surface area contributed by atoms with E-state index in [4.69, 9.17) is 0 Å². The molecule has 0 aliphatic carbocycles. The van der Waals surface area contributed by atoms with Crippen LogP contribution in [-0.4, -0.2) is 51.8 Å². The van der Waals surface area contributed by atoms with E-state index in [1.165, 1.54) is 0 Å². The van der Waals surface area contributed by atoms with Crippen LogP contribution in [0, 0.1) is 5.92 Å². The quantitative estimate of drug-likeness (QED) is 0.868. The zero-order valence-electron chi connectivity index (χ0n) is 17.0. The number of rotatable bonds is 4. The summed E-state index contributed by atoms with van der Waals surface area (Å²) in [6.45, 7) is 6.09. The van der Waals surface area contributed by atoms with E-state index < -0.39 is 5.54 Å². The molecule has 0 spiro atoms. The van der Waals surface area contributed by atoms with E-state index in [2.05, 4.69) is 27.3 Å². The maximum absolute atomic E-state index is 12.6. The average molecular weight is 393 g/mol. The first-order valence-corrected chi connectivity index (χ1v) is 10.2. The summed E-state index contributed by atoms with van der Waals surface area (Å²) in [6, 6.07) is 16.1. The Bertz CT molecular complexity index is 873. The second kappa shape index (κ2) is 7.95. The number of benzene rings is 1. The third-order valence-corrected chi connectivity index (χ3v) is 6.22. The van der Waals surface area contributed by atoms with Crippen molar-refractivity contribution in [3.8, 4) is 0 Å². The molecule has 2 aliphatic heterocycles. The van der Waals surface area contributed by atoms with Gasteiger partial charge in [0.15, 0.2) is 0 Å². The molecule has 0 unspecified atom stereocenters. The van der Waals surface area contributed by atoms with Crippen molar-refractivity contribution in [3.05, 3.63) is 66.0 Å². The third-order valence-electron chi connectivity index (χ3n) is 6.22. The smallest absolute Gasteiger partial charge is 0.220 e. The van der Waals surface area contributed by atoms with E-state index in [1.54, 1.807) is 13.8 Å². The van der Waals surface area contributed by atoms with Gasteiger partial charge in [-0.15, -0.1) is 0 Å². The van der Waals surface area contributed by atoms with Crippen LogP contribution >= 0.6 is 0 Å². The van der Waals surface area contributed by atoms with Crippen LogP contribution in [0.1, 0.15) is 37.6 Å². The molecule has 1 aromatic heterocycles.